The van der Waals surface area contributed by atoms with Crippen molar-refractivity contribution in [1.29, 1.82) is 0 Å². The monoisotopic (exact) mass is 264 g/mol. The lowest BCUT2D eigenvalue weighted by Gasteiger charge is -2.07. The highest BCUT2D eigenvalue weighted by Crippen LogP contribution is 2.33. The smallest absolute Gasteiger partial charge is 0.217 e. The molecule has 2 aliphatic rings. The van der Waals surface area contributed by atoms with Gasteiger partial charge in [-0.2, -0.15) is 0 Å². The second-order valence-corrected chi connectivity index (χ2v) is 5.31. The van der Waals surface area contributed by atoms with Gasteiger partial charge in [-0.1, -0.05) is 6.07 Å². The molecule has 5 rings (SSSR count). The Bertz CT molecular complexity index is 801. The Balaban J connectivity index is 1.90. The van der Waals surface area contributed by atoms with Gasteiger partial charge in [-0.15, -0.1) is 0 Å². The van der Waals surface area contributed by atoms with Crippen molar-refractivity contribution < 1.29 is 9.47 Å². The van der Waals surface area contributed by atoms with E-state index in [4.69, 9.17) is 14.5 Å². The summed E-state index contributed by atoms with van der Waals surface area (Å²) in [6.07, 6.45) is 1.88. The molecule has 0 saturated carbocycles. The number of benzene rings is 1. The van der Waals surface area contributed by atoms with Crippen molar-refractivity contribution in [2.45, 2.75) is 12.8 Å². The molecule has 0 spiro atoms. The average molecular weight is 264 g/mol. The number of ether oxygens (including phenoxy) is 2. The summed E-state index contributed by atoms with van der Waals surface area (Å²) in [4.78, 5) is 9.30. The van der Waals surface area contributed by atoms with Gasteiger partial charge in [0.25, 0.3) is 0 Å². The molecule has 1 aromatic carbocycles. The molecule has 4 heteroatoms. The molecule has 4 nitrogen and oxygen atoms in total. The zero-order chi connectivity index (χ0) is 13.1. The van der Waals surface area contributed by atoms with Gasteiger partial charge in [0, 0.05) is 34.7 Å². The van der Waals surface area contributed by atoms with Crippen LogP contribution >= 0.6 is 0 Å². The number of pyridine rings is 2. The van der Waals surface area contributed by atoms with E-state index in [2.05, 4.69) is 23.2 Å². The van der Waals surface area contributed by atoms with Crippen molar-refractivity contribution in [1.82, 2.24) is 9.97 Å². The van der Waals surface area contributed by atoms with E-state index in [1.54, 1.807) is 0 Å². The fourth-order valence-electron chi connectivity index (χ4n) is 3.06. The van der Waals surface area contributed by atoms with Crippen molar-refractivity contribution in [3.63, 3.8) is 0 Å². The number of fused-ring (bicyclic) bond motifs is 5. The molecular weight excluding hydrogens is 252 g/mol. The molecule has 0 atom stereocenters. The summed E-state index contributed by atoms with van der Waals surface area (Å²) in [6, 6.07) is 8.48. The molecular formula is C16H12N2O2. The molecule has 2 aliphatic heterocycles. The number of nitrogens with zero attached hydrogens (tertiary/aromatic N) is 2. The van der Waals surface area contributed by atoms with Gasteiger partial charge in [0.1, 0.15) is 0 Å². The van der Waals surface area contributed by atoms with E-state index in [0.717, 1.165) is 59.6 Å². The van der Waals surface area contributed by atoms with Crippen LogP contribution in [0.5, 0.6) is 11.8 Å². The zero-order valence-corrected chi connectivity index (χ0v) is 10.8. The first-order valence-electron chi connectivity index (χ1n) is 6.90. The first kappa shape index (κ1) is 10.4. The van der Waals surface area contributed by atoms with Crippen LogP contribution in [0.25, 0.3) is 21.8 Å². The summed E-state index contributed by atoms with van der Waals surface area (Å²) in [5.41, 5.74) is 4.29. The molecule has 0 N–H and O–H groups in total. The molecule has 0 bridgehead atoms. The Kier molecular flexibility index (Phi) is 1.88. The van der Waals surface area contributed by atoms with E-state index in [1.165, 1.54) is 11.1 Å². The number of hydrogen-bond acceptors (Lipinski definition) is 4. The highest BCUT2D eigenvalue weighted by atomic mass is 16.5. The van der Waals surface area contributed by atoms with Crippen LogP contribution < -0.4 is 9.47 Å². The summed E-state index contributed by atoms with van der Waals surface area (Å²) in [5.74, 6) is 1.55. The van der Waals surface area contributed by atoms with Crippen molar-refractivity contribution in [2.24, 2.45) is 0 Å². The van der Waals surface area contributed by atoms with Crippen LogP contribution in [0.4, 0.5) is 0 Å². The Hall–Kier alpha value is -2.36. The largest absolute Gasteiger partial charge is 0.477 e. The van der Waals surface area contributed by atoms with Crippen molar-refractivity contribution in [3.05, 3.63) is 35.4 Å². The second kappa shape index (κ2) is 3.60. The zero-order valence-electron chi connectivity index (χ0n) is 10.8. The SMILES string of the molecule is c1cc2nc3c(cc2c2nc4c(cc12)CCO4)CCO3. The van der Waals surface area contributed by atoms with Gasteiger partial charge < -0.3 is 9.47 Å². The minimum Gasteiger partial charge on any atom is -0.477 e. The fourth-order valence-corrected chi connectivity index (χ4v) is 3.06. The Morgan fingerprint density at radius 3 is 2.45 bits per heavy atom. The van der Waals surface area contributed by atoms with Crippen LogP contribution in [-0.2, 0) is 12.8 Å². The lowest BCUT2D eigenvalue weighted by molar-refractivity contribution is 0.346. The predicted octanol–water partition coefficient (Wildman–Crippen LogP) is 2.65. The first-order valence-corrected chi connectivity index (χ1v) is 6.90. The van der Waals surface area contributed by atoms with E-state index in [0.29, 0.717) is 0 Å². The minimum absolute atomic E-state index is 0.725. The van der Waals surface area contributed by atoms with Gasteiger partial charge in [0.15, 0.2) is 0 Å². The van der Waals surface area contributed by atoms with E-state index < -0.39 is 0 Å². The van der Waals surface area contributed by atoms with Gasteiger partial charge in [0.05, 0.1) is 24.2 Å². The highest BCUT2D eigenvalue weighted by molar-refractivity contribution is 6.04. The molecule has 0 fully saturated rings. The van der Waals surface area contributed by atoms with Crippen LogP contribution in [0, 0.1) is 0 Å². The molecule has 2 aromatic heterocycles. The maximum absolute atomic E-state index is 5.59. The second-order valence-electron chi connectivity index (χ2n) is 5.31. The number of aromatic nitrogens is 2. The Morgan fingerprint density at radius 2 is 1.60 bits per heavy atom. The van der Waals surface area contributed by atoms with Gasteiger partial charge in [-0.25, -0.2) is 9.97 Å². The van der Waals surface area contributed by atoms with Crippen LogP contribution in [0.15, 0.2) is 24.3 Å². The molecule has 0 amide bonds. The standard InChI is InChI=1S/C16H12N2O2/c1-2-13-12(8-11-4-6-19-15(11)17-13)14-9(1)7-10-3-5-20-16(10)18-14/h1-2,7-8H,3-6H2. The van der Waals surface area contributed by atoms with E-state index >= 15 is 0 Å². The van der Waals surface area contributed by atoms with Crippen LogP contribution in [0.2, 0.25) is 0 Å². The maximum atomic E-state index is 5.59. The Morgan fingerprint density at radius 1 is 0.850 bits per heavy atom. The van der Waals surface area contributed by atoms with Crippen LogP contribution in [-0.4, -0.2) is 23.2 Å². The maximum Gasteiger partial charge on any atom is 0.217 e. The summed E-state index contributed by atoms with van der Waals surface area (Å²) in [7, 11) is 0. The van der Waals surface area contributed by atoms with Gasteiger partial charge in [-0.3, -0.25) is 0 Å². The quantitative estimate of drug-likeness (QED) is 0.585. The fraction of sp³-hybridized carbons (Fsp3) is 0.250. The predicted molar refractivity (Wildman–Crippen MR) is 75.4 cm³/mol. The third-order valence-corrected chi connectivity index (χ3v) is 4.08. The summed E-state index contributed by atoms with van der Waals surface area (Å²) in [6.45, 7) is 1.46. The highest BCUT2D eigenvalue weighted by Gasteiger charge is 2.19. The molecule has 20 heavy (non-hydrogen) atoms. The summed E-state index contributed by atoms with van der Waals surface area (Å²) < 4.78 is 11.1. The van der Waals surface area contributed by atoms with E-state index in [-0.39, 0.29) is 0 Å². The normalized spacial score (nSPS) is 16.0. The molecule has 4 heterocycles. The number of rotatable bonds is 0. The lowest BCUT2D eigenvalue weighted by Crippen LogP contribution is -1.91. The van der Waals surface area contributed by atoms with Crippen molar-refractivity contribution in [3.8, 4) is 11.8 Å². The third-order valence-electron chi connectivity index (χ3n) is 4.08. The van der Waals surface area contributed by atoms with E-state index in [9.17, 15) is 0 Å². The van der Waals surface area contributed by atoms with Gasteiger partial charge >= 0.3 is 0 Å². The van der Waals surface area contributed by atoms with Crippen molar-refractivity contribution >= 4 is 21.8 Å². The van der Waals surface area contributed by atoms with Gasteiger partial charge in [-0.05, 0) is 18.2 Å². The molecule has 0 unspecified atom stereocenters. The van der Waals surface area contributed by atoms with Crippen LogP contribution in [0.3, 0.4) is 0 Å². The average Bonchev–Trinajstić information content (AvgIpc) is 3.10. The minimum atomic E-state index is 0.725. The van der Waals surface area contributed by atoms with Gasteiger partial charge in [0.2, 0.25) is 11.8 Å². The Labute approximate surface area is 115 Å². The third kappa shape index (κ3) is 1.31. The number of hydrogen-bond donors (Lipinski definition) is 0. The summed E-state index contributed by atoms with van der Waals surface area (Å²) in [5, 5.41) is 2.24. The van der Waals surface area contributed by atoms with Crippen molar-refractivity contribution in [2.75, 3.05) is 13.2 Å². The molecule has 98 valence electrons. The van der Waals surface area contributed by atoms with Crippen LogP contribution in [0.1, 0.15) is 11.1 Å². The molecule has 3 aromatic rings. The molecule has 0 aliphatic carbocycles. The summed E-state index contributed by atoms with van der Waals surface area (Å²) >= 11 is 0. The topological polar surface area (TPSA) is 44.2 Å². The lowest BCUT2D eigenvalue weighted by atomic mass is 10.1. The first-order chi connectivity index (χ1) is 9.88. The molecule has 0 saturated heterocycles. The molecule has 0 radical (unpaired) electrons. The van der Waals surface area contributed by atoms with E-state index in [1.807, 2.05) is 6.07 Å².